The number of aliphatic hydroxyl groups excluding tert-OH is 1. The molecule has 11 heteroatoms. The Bertz CT molecular complexity index is 1030. The molecule has 0 aliphatic heterocycles. The van der Waals surface area contributed by atoms with Gasteiger partial charge in [-0.2, -0.15) is 18.3 Å². The van der Waals surface area contributed by atoms with Crippen molar-refractivity contribution in [3.63, 3.8) is 0 Å². The summed E-state index contributed by atoms with van der Waals surface area (Å²) in [6, 6.07) is 3.33. The number of hydrogen-bond acceptors (Lipinski definition) is 6. The van der Waals surface area contributed by atoms with Crippen molar-refractivity contribution in [2.75, 3.05) is 11.9 Å². The fraction of sp³-hybridized carbons (Fsp3) is 0.333. The molecule has 3 aromatic rings. The van der Waals surface area contributed by atoms with E-state index in [1.807, 2.05) is 0 Å². The largest absolute Gasteiger partial charge is 0.468 e. The van der Waals surface area contributed by atoms with Gasteiger partial charge in [0.15, 0.2) is 6.61 Å². The number of rotatable bonds is 6. The highest BCUT2D eigenvalue weighted by Gasteiger charge is 2.29. The molecule has 0 aliphatic carbocycles. The molecule has 2 N–H and O–H groups in total. The Morgan fingerprint density at radius 2 is 2.14 bits per heavy atom. The summed E-state index contributed by atoms with van der Waals surface area (Å²) in [6.07, 6.45) is -1.05. The summed E-state index contributed by atoms with van der Waals surface area (Å²) in [5.41, 5.74) is 1.75. The van der Waals surface area contributed by atoms with Crippen molar-refractivity contribution < 1.29 is 27.8 Å². The number of fused-ring (bicyclic) bond motifs is 1. The van der Waals surface area contributed by atoms with Gasteiger partial charge in [-0.05, 0) is 31.5 Å². The first-order valence-corrected chi connectivity index (χ1v) is 8.58. The number of nitrogens with one attached hydrogen (secondary N) is 1. The zero-order chi connectivity index (χ0) is 21.2. The minimum Gasteiger partial charge on any atom is -0.468 e. The molecule has 0 aromatic carbocycles. The first-order valence-electron chi connectivity index (χ1n) is 8.58. The quantitative estimate of drug-likeness (QED) is 0.649. The molecule has 0 spiro atoms. The van der Waals surface area contributed by atoms with E-state index in [0.717, 1.165) is 0 Å². The first-order chi connectivity index (χ1) is 13.6. The number of aliphatic hydroxyl groups is 1. The first kappa shape index (κ1) is 20.5. The van der Waals surface area contributed by atoms with E-state index in [1.165, 1.54) is 19.3 Å². The molecule has 0 saturated heterocycles. The van der Waals surface area contributed by atoms with Gasteiger partial charge in [0.2, 0.25) is 5.88 Å². The van der Waals surface area contributed by atoms with E-state index in [9.17, 15) is 23.1 Å². The third kappa shape index (κ3) is 5.19. The second-order valence-electron chi connectivity index (χ2n) is 6.45. The molecule has 0 saturated carbocycles. The number of carbonyl (C=O) groups excluding carboxylic acids is 1. The molecule has 154 valence electrons. The summed E-state index contributed by atoms with van der Waals surface area (Å²) in [7, 11) is 0. The van der Waals surface area contributed by atoms with Gasteiger partial charge in [-0.15, -0.1) is 0 Å². The van der Waals surface area contributed by atoms with Gasteiger partial charge < -0.3 is 15.2 Å². The van der Waals surface area contributed by atoms with Gasteiger partial charge in [0.1, 0.15) is 11.9 Å². The number of ether oxygens (including phenoxy) is 1. The van der Waals surface area contributed by atoms with Gasteiger partial charge in [-0.25, -0.2) is 9.97 Å². The van der Waals surface area contributed by atoms with Gasteiger partial charge in [-0.1, -0.05) is 0 Å². The molecule has 0 fully saturated rings. The van der Waals surface area contributed by atoms with Gasteiger partial charge in [0.05, 0.1) is 17.4 Å². The van der Waals surface area contributed by atoms with Crippen molar-refractivity contribution in [2.45, 2.75) is 32.7 Å². The normalized spacial score (nSPS) is 12.8. The van der Waals surface area contributed by atoms with Gasteiger partial charge >= 0.3 is 6.18 Å². The van der Waals surface area contributed by atoms with E-state index >= 15 is 0 Å². The monoisotopic (exact) mass is 409 g/mol. The number of carbonyl (C=O) groups is 1. The number of anilines is 1. The molecule has 0 bridgehead atoms. The van der Waals surface area contributed by atoms with Crippen LogP contribution in [0.2, 0.25) is 0 Å². The summed E-state index contributed by atoms with van der Waals surface area (Å²) in [6.45, 7) is 1.84. The fourth-order valence-corrected chi connectivity index (χ4v) is 2.59. The number of aromatic nitrogens is 4. The van der Waals surface area contributed by atoms with Gasteiger partial charge in [0.25, 0.3) is 5.91 Å². The van der Waals surface area contributed by atoms with E-state index in [2.05, 4.69) is 20.4 Å². The molecule has 29 heavy (non-hydrogen) atoms. The topological polar surface area (TPSA) is 102 Å². The smallest absolute Gasteiger partial charge is 0.422 e. The predicted octanol–water partition coefficient (Wildman–Crippen LogP) is 2.44. The Labute approximate surface area is 163 Å². The lowest BCUT2D eigenvalue weighted by Crippen LogP contribution is -2.24. The lowest BCUT2D eigenvalue weighted by Gasteiger charge is -2.11. The van der Waals surface area contributed by atoms with E-state index in [4.69, 9.17) is 4.74 Å². The number of alkyl halides is 3. The molecule has 0 unspecified atom stereocenters. The molecular weight excluding hydrogens is 391 g/mol. The van der Waals surface area contributed by atoms with Crippen molar-refractivity contribution in [3.8, 4) is 5.88 Å². The van der Waals surface area contributed by atoms with Crippen LogP contribution in [-0.2, 0) is 11.3 Å². The van der Waals surface area contributed by atoms with Crippen molar-refractivity contribution in [1.29, 1.82) is 0 Å². The number of amides is 1. The van der Waals surface area contributed by atoms with Crippen LogP contribution in [0.15, 0.2) is 30.7 Å². The van der Waals surface area contributed by atoms with Crippen LogP contribution in [0.3, 0.4) is 0 Å². The maximum Gasteiger partial charge on any atom is 0.422 e. The van der Waals surface area contributed by atoms with Gasteiger partial charge in [0, 0.05) is 24.2 Å². The molecule has 1 amide bonds. The third-order valence-corrected chi connectivity index (χ3v) is 3.91. The number of pyridine rings is 2. The Morgan fingerprint density at radius 1 is 1.38 bits per heavy atom. The zero-order valence-corrected chi connectivity index (χ0v) is 15.6. The maximum atomic E-state index is 12.3. The van der Waals surface area contributed by atoms with Crippen LogP contribution in [-0.4, -0.2) is 49.6 Å². The van der Waals surface area contributed by atoms with Crippen LogP contribution < -0.4 is 10.1 Å². The van der Waals surface area contributed by atoms with Crippen LogP contribution in [0.5, 0.6) is 5.88 Å². The fourth-order valence-electron chi connectivity index (χ4n) is 2.59. The Balaban J connectivity index is 1.78. The van der Waals surface area contributed by atoms with Crippen LogP contribution in [0, 0.1) is 6.92 Å². The Hall–Kier alpha value is -3.21. The molecule has 3 heterocycles. The lowest BCUT2D eigenvalue weighted by atomic mass is 10.2. The second kappa shape index (κ2) is 8.03. The molecule has 8 nitrogen and oxygen atoms in total. The van der Waals surface area contributed by atoms with Crippen molar-refractivity contribution in [2.24, 2.45) is 0 Å². The van der Waals surface area contributed by atoms with Gasteiger partial charge in [-0.3, -0.25) is 9.48 Å². The van der Waals surface area contributed by atoms with Crippen molar-refractivity contribution in [1.82, 2.24) is 19.7 Å². The highest BCUT2D eigenvalue weighted by atomic mass is 19.4. The number of aryl methyl sites for hydroxylation is 1. The molecule has 0 radical (unpaired) electrons. The van der Waals surface area contributed by atoms with E-state index in [-0.39, 0.29) is 11.7 Å². The average Bonchev–Trinajstić information content (AvgIpc) is 3.03. The van der Waals surface area contributed by atoms with E-state index in [1.54, 1.807) is 29.9 Å². The van der Waals surface area contributed by atoms with E-state index in [0.29, 0.717) is 28.6 Å². The molecule has 3 rings (SSSR count). The number of hydrogen-bond donors (Lipinski definition) is 2. The average molecular weight is 409 g/mol. The highest BCUT2D eigenvalue weighted by molar-refractivity contribution is 6.00. The van der Waals surface area contributed by atoms with Crippen molar-refractivity contribution >= 4 is 22.6 Å². The van der Waals surface area contributed by atoms with Crippen molar-refractivity contribution in [3.05, 3.63) is 41.9 Å². The highest BCUT2D eigenvalue weighted by Crippen LogP contribution is 2.23. The van der Waals surface area contributed by atoms with Crippen LogP contribution in [0.25, 0.3) is 10.9 Å². The summed E-state index contributed by atoms with van der Waals surface area (Å²) in [5, 5.41) is 16.9. The molecule has 0 aliphatic rings. The minimum absolute atomic E-state index is 0.0796. The molecule has 1 atom stereocenters. The minimum atomic E-state index is -4.43. The number of nitrogens with zero attached hydrogens (tertiary/aromatic N) is 4. The van der Waals surface area contributed by atoms with Crippen LogP contribution in [0.1, 0.15) is 18.1 Å². The standard InChI is InChI=1S/C18H18F3N5O3/c1-10-5-12(6-23-17(10)29-9-18(19,20)21)7-26-8-13-14(25-26)3-4-22-15(13)24-16(28)11(2)27/h3-6,8,11,27H,7,9H2,1-2H3,(H,22,24,28)/t11-/m1/s1. The summed E-state index contributed by atoms with van der Waals surface area (Å²) >= 11 is 0. The molecule has 3 aromatic heterocycles. The third-order valence-electron chi connectivity index (χ3n) is 3.91. The SMILES string of the molecule is Cc1cc(Cn2cc3c(NC(=O)[C@@H](C)O)nccc3n2)cnc1OCC(F)(F)F. The number of halogens is 3. The molecular formula is C18H18F3N5O3. The van der Waals surface area contributed by atoms with E-state index < -0.39 is 24.8 Å². The Kier molecular flexibility index (Phi) is 5.69. The second-order valence-corrected chi connectivity index (χ2v) is 6.45. The summed E-state index contributed by atoms with van der Waals surface area (Å²) in [5.74, 6) is -0.402. The van der Waals surface area contributed by atoms with Crippen LogP contribution >= 0.6 is 0 Å². The Morgan fingerprint density at radius 3 is 2.79 bits per heavy atom. The zero-order valence-electron chi connectivity index (χ0n) is 15.6. The predicted molar refractivity (Wildman–Crippen MR) is 97.5 cm³/mol. The summed E-state index contributed by atoms with van der Waals surface area (Å²) < 4.78 is 43.2. The maximum absolute atomic E-state index is 12.3. The summed E-state index contributed by atoms with van der Waals surface area (Å²) in [4.78, 5) is 19.8. The van der Waals surface area contributed by atoms with Crippen LogP contribution in [0.4, 0.5) is 19.0 Å². The lowest BCUT2D eigenvalue weighted by molar-refractivity contribution is -0.154.